The minimum atomic E-state index is -4.67. The van der Waals surface area contributed by atoms with Crippen LogP contribution in [0.3, 0.4) is 0 Å². The number of H-pyrrole nitrogens is 3. The van der Waals surface area contributed by atoms with Crippen LogP contribution >= 0.6 is 0 Å². The number of nitrogens with one attached hydrogen (secondary N) is 3. The largest absolute Gasteiger partial charge is 0.496 e. The van der Waals surface area contributed by atoms with Crippen LogP contribution < -0.4 is 34.2 Å². The highest BCUT2D eigenvalue weighted by Gasteiger charge is 2.40. The average molecular weight is 1720 g/mol. The number of carbonyl (C=O) groups excluding carboxylic acids is 3. The molecular weight excluding hydrogens is 1610 g/mol. The number of benzene rings is 6. The third-order valence-corrected chi connectivity index (χ3v) is 15.9. The number of aromatic nitrogens is 4. The molecule has 0 radical (unpaired) electrons. The maximum absolute atomic E-state index is 13.0. The molecule has 6 N–H and O–H groups in total. The number of alkyl halides is 18. The molecule has 4 aromatic heterocycles. The second-order valence-corrected chi connectivity index (χ2v) is 23.2. The summed E-state index contributed by atoms with van der Waals surface area (Å²) in [6.45, 7) is 13.6. The molecule has 21 nitrogen and oxygen atoms in total. The molecule has 0 aliphatic rings. The summed E-state index contributed by atoms with van der Waals surface area (Å²) in [6, 6.07) is 15.0. The lowest BCUT2D eigenvalue weighted by atomic mass is 10.1. The number of rotatable bonds is 13. The number of halogens is 18. The third kappa shape index (κ3) is 28.6. The first-order chi connectivity index (χ1) is 51.2. The molecular formula is C79H100F18N6O15. The molecule has 1 unspecified atom stereocenters. The highest BCUT2D eigenvalue weighted by molar-refractivity contribution is 6.00. The molecule has 0 bridgehead atoms. The predicted octanol–water partition coefficient (Wildman–Crippen LogP) is 24.0. The molecule has 1 atom stereocenters. The highest BCUT2D eigenvalue weighted by atomic mass is 19.4. The number of nitrogen functional groups attached to an aromatic ring is 1. The number of hydrogen-bond donors (Lipinski definition) is 5. The lowest BCUT2D eigenvalue weighted by Gasteiger charge is -2.12. The first kappa shape index (κ1) is 113. The Balaban J connectivity index is -0.000000642. The van der Waals surface area contributed by atoms with Gasteiger partial charge in [0.2, 0.25) is 0 Å². The van der Waals surface area contributed by atoms with Crippen molar-refractivity contribution >= 4 is 78.7 Å². The van der Waals surface area contributed by atoms with E-state index in [-0.39, 0.29) is 121 Å². The van der Waals surface area contributed by atoms with Gasteiger partial charge in [-0.25, -0.2) is 9.59 Å². The van der Waals surface area contributed by atoms with Crippen molar-refractivity contribution in [3.63, 3.8) is 0 Å². The van der Waals surface area contributed by atoms with E-state index in [9.17, 15) is 108 Å². The van der Waals surface area contributed by atoms with Gasteiger partial charge in [-0.3, -0.25) is 19.7 Å². The number of esters is 2. The summed E-state index contributed by atoms with van der Waals surface area (Å²) < 4.78 is 267. The third-order valence-electron chi connectivity index (χ3n) is 15.9. The minimum absolute atomic E-state index is 0. The van der Waals surface area contributed by atoms with Gasteiger partial charge in [0, 0.05) is 80.9 Å². The molecule has 0 spiro atoms. The molecule has 39 heteroatoms. The number of ketones is 1. The van der Waals surface area contributed by atoms with Gasteiger partial charge < -0.3 is 68.3 Å². The van der Waals surface area contributed by atoms with E-state index in [0.717, 1.165) is 78.6 Å². The van der Waals surface area contributed by atoms with E-state index in [1.165, 1.54) is 78.7 Å². The maximum atomic E-state index is 13.0. The molecule has 0 aliphatic carbocycles. The average Bonchev–Trinajstić information content (AvgIpc) is 1.64. The topological polar surface area (TPSA) is 284 Å². The van der Waals surface area contributed by atoms with Gasteiger partial charge in [-0.15, -0.1) is 0 Å². The summed E-state index contributed by atoms with van der Waals surface area (Å²) in [5.41, 5.74) is 3.39. The van der Waals surface area contributed by atoms with Crippen LogP contribution in [0.1, 0.15) is 156 Å². The molecule has 0 amide bonds. The van der Waals surface area contributed by atoms with Gasteiger partial charge in [-0.1, -0.05) is 52.0 Å². The number of carboxylic acids is 1. The summed E-state index contributed by atoms with van der Waals surface area (Å²) in [5, 5.41) is 21.6. The van der Waals surface area contributed by atoms with Crippen LogP contribution in [-0.2, 0) is 63.2 Å². The van der Waals surface area contributed by atoms with Crippen molar-refractivity contribution in [2.24, 2.45) is 13.0 Å². The number of aromatic carboxylic acids is 1. The molecule has 10 aromatic rings. The van der Waals surface area contributed by atoms with Crippen LogP contribution in [0.2, 0.25) is 0 Å². The number of anilines is 1. The fraction of sp³-hybridized carbons (Fsp3) is 0.392. The fourth-order valence-electron chi connectivity index (χ4n) is 10.2. The first-order valence-corrected chi connectivity index (χ1v) is 31.7. The number of non-ortho nitro benzene ring substituents is 1. The number of nitro benzene ring substituents is 1. The number of nitrogens with two attached hydrogens (primary N) is 1. The molecule has 0 fully saturated rings. The number of methoxy groups -OCH3 is 6. The Morgan fingerprint density at radius 3 is 1.18 bits per heavy atom. The zero-order valence-corrected chi connectivity index (χ0v) is 61.2. The van der Waals surface area contributed by atoms with E-state index in [0.29, 0.717) is 45.6 Å². The number of Topliss-reactive ketones (excluding diaryl/α,β-unsaturated/α-hetero) is 1. The van der Waals surface area contributed by atoms with Crippen LogP contribution in [0, 0.1) is 43.7 Å². The van der Waals surface area contributed by atoms with E-state index in [4.69, 9.17) is 34.5 Å². The fourth-order valence-corrected chi connectivity index (χ4v) is 10.2. The summed E-state index contributed by atoms with van der Waals surface area (Å²) in [4.78, 5) is 61.3. The molecule has 0 saturated heterocycles. The minimum Gasteiger partial charge on any atom is -0.496 e. The van der Waals surface area contributed by atoms with Gasteiger partial charge in [-0.2, -0.15) is 79.0 Å². The normalized spacial score (nSPS) is 11.1. The molecule has 662 valence electrons. The molecule has 4 heterocycles. The lowest BCUT2D eigenvalue weighted by Crippen LogP contribution is -2.20. The van der Waals surface area contributed by atoms with Crippen LogP contribution in [0.25, 0.3) is 43.6 Å². The Hall–Kier alpha value is -11.7. The van der Waals surface area contributed by atoms with Crippen LogP contribution in [0.5, 0.6) is 34.5 Å². The summed E-state index contributed by atoms with van der Waals surface area (Å²) in [5.74, 6) is -4.59. The number of hydrogen-bond acceptors (Lipinski definition) is 15. The van der Waals surface area contributed by atoms with Crippen LogP contribution in [0.4, 0.5) is 90.4 Å². The van der Waals surface area contributed by atoms with Crippen molar-refractivity contribution < 1.29 is 146 Å². The molecule has 10 rings (SSSR count). The van der Waals surface area contributed by atoms with Gasteiger partial charge in [0.25, 0.3) is 5.69 Å². The number of fused-ring (bicyclic) bond motifs is 4. The van der Waals surface area contributed by atoms with E-state index in [1.54, 1.807) is 51.7 Å². The van der Waals surface area contributed by atoms with E-state index in [2.05, 4.69) is 29.2 Å². The van der Waals surface area contributed by atoms with Crippen molar-refractivity contribution in [1.82, 2.24) is 19.5 Å². The van der Waals surface area contributed by atoms with Gasteiger partial charge >= 0.3 is 55.0 Å². The van der Waals surface area contributed by atoms with Gasteiger partial charge in [0.1, 0.15) is 63.1 Å². The Kier molecular flexibility index (Phi) is 43.6. The zero-order chi connectivity index (χ0) is 84.7. The number of carbonyl (C=O) groups is 4. The van der Waals surface area contributed by atoms with Crippen LogP contribution in [-0.4, -0.2) is 109 Å². The zero-order valence-electron chi connectivity index (χ0n) is 61.2. The second kappa shape index (κ2) is 45.7. The number of aryl methyl sites for hydroxylation is 5. The monoisotopic (exact) mass is 1710 g/mol. The SMILES string of the molecule is C.C.C.C.C.C.C.CCOC(=O)C(C)C(C)=O.CCOC(=O)c1[nH]c2cc(C(F)(F)F)c(OC)cc2c1C.COc1cc2c(C)c(C(=O)O)[nH]c2cc1C(F)(F)F.COc1cc2c(C)c[nH]c2cc1C(F)(F)F.COc1cc2c(C)cn(C)c2cc1C(F)(F)F.COc1ccc(N)cc1C(F)(F)F.COc1ccc([N+](=O)[O-])cc1C(F)(F)F. The van der Waals surface area contributed by atoms with E-state index in [1.807, 2.05) is 13.8 Å². The standard InChI is InChI=1S/C14H14F3NO3.C12H10F3NO3.C12H12F3NO.C11H10F3NO.C8H6F3NO3.C8H8F3NO.C7H12O3.7CH4/c1-4-21-13(19)12-7(2)8-5-11(20-3)9(14(15,16)17)6-10(8)18-12;1-5-6-3-9(19-2)7(12(13,14)15)4-8(6)16-10(5)11(17)18;1-7-6-16(2)10-5-9(12(13,14)15)11(17-3)4-8(7)10;1-6-5-15-9-4-8(11(12,13)14)10(16-2)3-7(6)9;1-15-7-3-2-5(12(13)14)4-6(7)8(9,10)11;1-13-7-3-2-5(12)4-6(7)8(9,10)11;1-4-10-7(9)5(2)6(3)8;;;;;;;/h5-6,18H,4H2,1-3H3;3-4,16H,1-2H3,(H,17,18);4-6H,1-3H3;3-5,15H,1-2H3;2-4H,1H3;2-4H,12H2,1H3;5H,4H2,1-3H3;7*1H4. The second-order valence-electron chi connectivity index (χ2n) is 23.2. The van der Waals surface area contributed by atoms with E-state index >= 15 is 0 Å². The number of carboxylic acid groups (broad SMARTS) is 1. The molecule has 6 aromatic carbocycles. The van der Waals surface area contributed by atoms with E-state index < -0.39 is 111 Å². The first-order valence-electron chi connectivity index (χ1n) is 31.7. The summed E-state index contributed by atoms with van der Waals surface area (Å²) >= 11 is 0. The predicted molar refractivity (Wildman–Crippen MR) is 417 cm³/mol. The van der Waals surface area contributed by atoms with Crippen molar-refractivity contribution in [2.45, 2.75) is 144 Å². The highest BCUT2D eigenvalue weighted by Crippen LogP contribution is 2.45. The Morgan fingerprint density at radius 1 is 0.475 bits per heavy atom. The number of nitrogens with zero attached hydrogens (tertiary/aromatic N) is 2. The number of ether oxygens (including phenoxy) is 8. The number of nitro groups is 1. The molecule has 118 heavy (non-hydrogen) atoms. The van der Waals surface area contributed by atoms with Crippen molar-refractivity contribution in [1.29, 1.82) is 0 Å². The van der Waals surface area contributed by atoms with Crippen molar-refractivity contribution in [2.75, 3.05) is 61.6 Å². The van der Waals surface area contributed by atoms with Gasteiger partial charge in [0.15, 0.2) is 0 Å². The maximum Gasteiger partial charge on any atom is 0.420 e. The van der Waals surface area contributed by atoms with Crippen molar-refractivity contribution in [3.8, 4) is 34.5 Å². The smallest absolute Gasteiger partial charge is 0.420 e. The lowest BCUT2D eigenvalue weighted by molar-refractivity contribution is -0.385. The molecule has 0 saturated carbocycles. The Bertz CT molecular complexity index is 4950. The Labute approximate surface area is 670 Å². The molecule has 0 aliphatic heterocycles. The van der Waals surface area contributed by atoms with Gasteiger partial charge in [0.05, 0.1) is 88.6 Å². The Morgan fingerprint density at radius 2 is 0.814 bits per heavy atom. The number of aromatic amines is 3. The van der Waals surface area contributed by atoms with Crippen LogP contribution in [0.15, 0.2) is 97.3 Å². The van der Waals surface area contributed by atoms with Gasteiger partial charge in [-0.05, 0) is 150 Å². The van der Waals surface area contributed by atoms with Crippen molar-refractivity contribution in [3.05, 3.63) is 174 Å². The summed E-state index contributed by atoms with van der Waals surface area (Å²) in [6.07, 6.45) is -23.5. The quantitative estimate of drug-likeness (QED) is 0.0179. The summed E-state index contributed by atoms with van der Waals surface area (Å²) in [7, 11) is 8.76.